The molecule has 0 radical (unpaired) electrons. The average molecular weight is 502 g/mol. The number of para-hydroxylation sites is 1. The Balaban J connectivity index is 1.47. The molecule has 9 heteroatoms. The summed E-state index contributed by atoms with van der Waals surface area (Å²) in [6, 6.07) is 15.1. The molecule has 37 heavy (non-hydrogen) atoms. The molecular formula is C28H31N5O4. The molecule has 4 N–H and O–H groups in total. The first-order valence-electron chi connectivity index (χ1n) is 12.3. The molecule has 0 fully saturated rings. The van der Waals surface area contributed by atoms with Crippen LogP contribution in [0.2, 0.25) is 0 Å². The summed E-state index contributed by atoms with van der Waals surface area (Å²) in [5, 5.41) is 19.0. The largest absolute Gasteiger partial charge is 0.496 e. The van der Waals surface area contributed by atoms with Crippen molar-refractivity contribution in [3.05, 3.63) is 59.8 Å². The van der Waals surface area contributed by atoms with Crippen LogP contribution in [0.3, 0.4) is 0 Å². The number of ether oxygens (including phenoxy) is 1. The summed E-state index contributed by atoms with van der Waals surface area (Å²) in [6.45, 7) is 3.92. The van der Waals surface area contributed by atoms with Gasteiger partial charge in [0.15, 0.2) is 0 Å². The number of carbonyl (C=O) groups is 3. The van der Waals surface area contributed by atoms with Crippen molar-refractivity contribution in [2.45, 2.75) is 51.1 Å². The van der Waals surface area contributed by atoms with E-state index in [1.165, 1.54) is 0 Å². The monoisotopic (exact) mass is 501 g/mol. The van der Waals surface area contributed by atoms with E-state index in [9.17, 15) is 19.6 Å². The van der Waals surface area contributed by atoms with Crippen molar-refractivity contribution < 1.29 is 19.1 Å². The molecule has 0 bridgehead atoms. The van der Waals surface area contributed by atoms with Crippen LogP contribution in [0.15, 0.2) is 48.5 Å². The maximum absolute atomic E-state index is 13.3. The smallest absolute Gasteiger partial charge is 0.268 e. The molecule has 1 aliphatic rings. The van der Waals surface area contributed by atoms with Gasteiger partial charge in [0.1, 0.15) is 23.5 Å². The first kappa shape index (κ1) is 25.8. The van der Waals surface area contributed by atoms with E-state index in [1.807, 2.05) is 56.3 Å². The highest BCUT2D eigenvalue weighted by atomic mass is 16.5. The van der Waals surface area contributed by atoms with Gasteiger partial charge in [-0.2, -0.15) is 5.26 Å². The Morgan fingerprint density at radius 3 is 2.68 bits per heavy atom. The molecule has 3 atom stereocenters. The van der Waals surface area contributed by atoms with Gasteiger partial charge < -0.3 is 25.7 Å². The van der Waals surface area contributed by atoms with E-state index < -0.39 is 23.9 Å². The quantitative estimate of drug-likeness (QED) is 0.353. The van der Waals surface area contributed by atoms with Crippen LogP contribution in [-0.2, 0) is 9.59 Å². The zero-order valence-electron chi connectivity index (χ0n) is 21.1. The second-order valence-electron chi connectivity index (χ2n) is 9.72. The summed E-state index contributed by atoms with van der Waals surface area (Å²) in [5.74, 6) is -0.422. The van der Waals surface area contributed by atoms with Crippen molar-refractivity contribution in [3.63, 3.8) is 0 Å². The molecule has 1 aliphatic heterocycles. The Bertz CT molecular complexity index is 1360. The van der Waals surface area contributed by atoms with Crippen molar-refractivity contribution in [2.24, 2.45) is 5.92 Å². The van der Waals surface area contributed by atoms with E-state index in [2.05, 4.69) is 27.0 Å². The summed E-state index contributed by atoms with van der Waals surface area (Å²) in [6.07, 6.45) is 0.922. The number of nitriles is 1. The zero-order chi connectivity index (χ0) is 26.5. The van der Waals surface area contributed by atoms with Gasteiger partial charge >= 0.3 is 0 Å². The van der Waals surface area contributed by atoms with Gasteiger partial charge in [-0.15, -0.1) is 0 Å². The first-order chi connectivity index (χ1) is 17.8. The molecule has 0 saturated heterocycles. The number of H-pyrrole nitrogens is 1. The second-order valence-corrected chi connectivity index (χ2v) is 9.72. The number of hydrogen-bond acceptors (Lipinski definition) is 5. The van der Waals surface area contributed by atoms with Crippen molar-refractivity contribution in [2.75, 3.05) is 12.4 Å². The van der Waals surface area contributed by atoms with E-state index in [1.54, 1.807) is 13.2 Å². The van der Waals surface area contributed by atoms with Gasteiger partial charge in [0.05, 0.1) is 13.2 Å². The number of anilines is 1. The zero-order valence-corrected chi connectivity index (χ0v) is 21.1. The Morgan fingerprint density at radius 2 is 1.95 bits per heavy atom. The van der Waals surface area contributed by atoms with Gasteiger partial charge in [-0.05, 0) is 54.5 Å². The van der Waals surface area contributed by atoms with E-state index in [0.29, 0.717) is 17.9 Å². The Morgan fingerprint density at radius 1 is 1.16 bits per heavy atom. The SMILES string of the molecule is COc1cccc2[nH]c(C(=O)N[C@@H](CC(C)C)C(=O)NC(C#N)CC3CC(=O)Nc4ccccc43)cc12. The number of aromatic nitrogens is 1. The third-order valence-corrected chi connectivity index (χ3v) is 6.52. The van der Waals surface area contributed by atoms with Crippen LogP contribution < -0.4 is 20.7 Å². The average Bonchev–Trinajstić information content (AvgIpc) is 3.32. The Hall–Kier alpha value is -4.32. The van der Waals surface area contributed by atoms with Crippen LogP contribution in [-0.4, -0.2) is 41.9 Å². The van der Waals surface area contributed by atoms with Gasteiger partial charge in [0, 0.05) is 23.0 Å². The second kappa shape index (κ2) is 11.2. The lowest BCUT2D eigenvalue weighted by Crippen LogP contribution is -2.50. The number of benzene rings is 2. The third kappa shape index (κ3) is 5.92. The number of nitrogens with zero attached hydrogens (tertiary/aromatic N) is 1. The van der Waals surface area contributed by atoms with Crippen LogP contribution in [0.25, 0.3) is 10.9 Å². The molecular weight excluding hydrogens is 470 g/mol. The fourth-order valence-electron chi connectivity index (χ4n) is 4.78. The van der Waals surface area contributed by atoms with E-state index in [4.69, 9.17) is 4.74 Å². The summed E-state index contributed by atoms with van der Waals surface area (Å²) in [7, 11) is 1.56. The summed E-state index contributed by atoms with van der Waals surface area (Å²) >= 11 is 0. The molecule has 192 valence electrons. The summed E-state index contributed by atoms with van der Waals surface area (Å²) < 4.78 is 5.37. The number of nitrogens with one attached hydrogen (secondary N) is 4. The lowest BCUT2D eigenvalue weighted by Gasteiger charge is -2.28. The standard InChI is InChI=1S/C28H31N5O4/c1-16(2)11-23(33-28(36)24-14-20-22(31-24)9-6-10-25(20)37-3)27(35)30-18(15-29)12-17-13-26(34)32-21-8-5-4-7-19(17)21/h4-10,14,16-18,23,31H,11-13H2,1-3H3,(H,30,35)(H,32,34)(H,33,36)/t17?,18?,23-/m0/s1. The minimum Gasteiger partial charge on any atom is -0.496 e. The predicted molar refractivity (Wildman–Crippen MR) is 140 cm³/mol. The van der Waals surface area contributed by atoms with Crippen LogP contribution in [0, 0.1) is 17.2 Å². The van der Waals surface area contributed by atoms with Gasteiger partial charge in [-0.3, -0.25) is 14.4 Å². The number of amides is 3. The van der Waals surface area contributed by atoms with E-state index in [-0.39, 0.29) is 30.6 Å². The van der Waals surface area contributed by atoms with Gasteiger partial charge in [0.2, 0.25) is 11.8 Å². The molecule has 9 nitrogen and oxygen atoms in total. The van der Waals surface area contributed by atoms with E-state index in [0.717, 1.165) is 22.2 Å². The fraction of sp³-hybridized carbons (Fsp3) is 0.357. The highest BCUT2D eigenvalue weighted by Crippen LogP contribution is 2.35. The minimum absolute atomic E-state index is 0.119. The molecule has 2 aromatic carbocycles. The molecule has 0 spiro atoms. The lowest BCUT2D eigenvalue weighted by atomic mass is 9.85. The van der Waals surface area contributed by atoms with Crippen LogP contribution >= 0.6 is 0 Å². The molecule has 2 unspecified atom stereocenters. The van der Waals surface area contributed by atoms with Gasteiger partial charge in [-0.25, -0.2) is 0 Å². The maximum atomic E-state index is 13.3. The Kier molecular flexibility index (Phi) is 7.77. The molecule has 0 aliphatic carbocycles. The van der Waals surface area contributed by atoms with Crippen molar-refractivity contribution >= 4 is 34.3 Å². The van der Waals surface area contributed by atoms with Crippen LogP contribution in [0.5, 0.6) is 5.75 Å². The molecule has 4 rings (SSSR count). The topological polar surface area (TPSA) is 136 Å². The maximum Gasteiger partial charge on any atom is 0.268 e. The number of carbonyl (C=O) groups excluding carboxylic acids is 3. The lowest BCUT2D eigenvalue weighted by molar-refractivity contribution is -0.123. The molecule has 2 heterocycles. The summed E-state index contributed by atoms with van der Waals surface area (Å²) in [5.41, 5.74) is 2.72. The number of hydrogen-bond donors (Lipinski definition) is 4. The van der Waals surface area contributed by atoms with Crippen LogP contribution in [0.1, 0.15) is 55.1 Å². The number of methoxy groups -OCH3 is 1. The molecule has 1 aromatic heterocycles. The van der Waals surface area contributed by atoms with Crippen molar-refractivity contribution in [1.29, 1.82) is 5.26 Å². The first-order valence-corrected chi connectivity index (χ1v) is 12.3. The normalized spacial score (nSPS) is 16.3. The predicted octanol–water partition coefficient (Wildman–Crippen LogP) is 3.85. The van der Waals surface area contributed by atoms with E-state index >= 15 is 0 Å². The Labute approximate surface area is 215 Å². The number of fused-ring (bicyclic) bond motifs is 2. The van der Waals surface area contributed by atoms with Gasteiger partial charge in [0.25, 0.3) is 5.91 Å². The molecule has 3 amide bonds. The fourth-order valence-corrected chi connectivity index (χ4v) is 4.78. The highest BCUT2D eigenvalue weighted by molar-refractivity contribution is 6.01. The van der Waals surface area contributed by atoms with Crippen molar-refractivity contribution in [1.82, 2.24) is 15.6 Å². The number of rotatable bonds is 9. The number of aromatic amines is 1. The summed E-state index contributed by atoms with van der Waals surface area (Å²) in [4.78, 5) is 41.6. The third-order valence-electron chi connectivity index (χ3n) is 6.52. The highest BCUT2D eigenvalue weighted by Gasteiger charge is 2.30. The van der Waals surface area contributed by atoms with Gasteiger partial charge in [-0.1, -0.05) is 38.1 Å². The molecule has 3 aromatic rings. The minimum atomic E-state index is -0.835. The molecule has 0 saturated carbocycles. The van der Waals surface area contributed by atoms with Crippen molar-refractivity contribution in [3.8, 4) is 11.8 Å². The van der Waals surface area contributed by atoms with Crippen LogP contribution in [0.4, 0.5) is 5.69 Å².